The lowest BCUT2D eigenvalue weighted by molar-refractivity contribution is 0.182. The van der Waals surface area contributed by atoms with Crippen molar-refractivity contribution in [3.8, 4) is 0 Å². The SMILES string of the molecule is CCO.COC(N)=O. The van der Waals surface area contributed by atoms with Gasteiger partial charge in [0.1, 0.15) is 0 Å². The fourth-order valence-corrected chi connectivity index (χ4v) is 0. The Morgan fingerprint density at radius 2 is 2.00 bits per heavy atom. The van der Waals surface area contributed by atoms with Gasteiger partial charge in [-0.3, -0.25) is 0 Å². The van der Waals surface area contributed by atoms with E-state index in [4.69, 9.17) is 5.11 Å². The number of hydrogen-bond donors (Lipinski definition) is 2. The molecule has 3 N–H and O–H groups in total. The molecule has 0 rings (SSSR count). The van der Waals surface area contributed by atoms with E-state index in [1.165, 1.54) is 7.11 Å². The van der Waals surface area contributed by atoms with Crippen LogP contribution in [0.1, 0.15) is 6.92 Å². The highest BCUT2D eigenvalue weighted by molar-refractivity contribution is 5.64. The molecule has 0 aliphatic heterocycles. The summed E-state index contributed by atoms with van der Waals surface area (Å²) < 4.78 is 3.89. The van der Waals surface area contributed by atoms with Crippen LogP contribution in [0.3, 0.4) is 0 Å². The monoisotopic (exact) mass is 121 g/mol. The van der Waals surface area contributed by atoms with E-state index in [-0.39, 0.29) is 6.61 Å². The lowest BCUT2D eigenvalue weighted by atomic mass is 10.9. The van der Waals surface area contributed by atoms with E-state index in [0.29, 0.717) is 0 Å². The summed E-state index contributed by atoms with van der Waals surface area (Å²) in [6, 6.07) is 0. The lowest BCUT2D eigenvalue weighted by Crippen LogP contribution is -2.08. The summed E-state index contributed by atoms with van der Waals surface area (Å²) in [7, 11) is 1.22. The average Bonchev–Trinajstić information content (AvgIpc) is 1.69. The first-order valence-electron chi connectivity index (χ1n) is 2.13. The van der Waals surface area contributed by atoms with Crippen LogP contribution < -0.4 is 5.73 Å². The Hall–Kier alpha value is -0.770. The molecule has 50 valence electrons. The molecule has 0 aliphatic rings. The molecule has 4 heteroatoms. The largest absolute Gasteiger partial charge is 0.453 e. The van der Waals surface area contributed by atoms with Crippen LogP contribution in [0.15, 0.2) is 0 Å². The predicted octanol–water partition coefficient (Wildman–Crippen LogP) is -0.290. The van der Waals surface area contributed by atoms with E-state index in [2.05, 4.69) is 10.5 Å². The summed E-state index contributed by atoms with van der Waals surface area (Å²) in [5.41, 5.74) is 4.43. The van der Waals surface area contributed by atoms with Crippen molar-refractivity contribution >= 4 is 6.09 Å². The molecule has 0 atom stereocenters. The van der Waals surface area contributed by atoms with Crippen LogP contribution in [0.4, 0.5) is 4.79 Å². The second-order valence-corrected chi connectivity index (χ2v) is 0.839. The van der Waals surface area contributed by atoms with Crippen molar-refractivity contribution < 1.29 is 14.6 Å². The third kappa shape index (κ3) is 61.9. The molecular weight excluding hydrogens is 110 g/mol. The first kappa shape index (κ1) is 10.3. The Morgan fingerprint density at radius 3 is 2.00 bits per heavy atom. The van der Waals surface area contributed by atoms with Crippen LogP contribution in [-0.4, -0.2) is 24.9 Å². The van der Waals surface area contributed by atoms with E-state index in [1.807, 2.05) is 0 Å². The number of aliphatic hydroxyl groups excluding tert-OH is 1. The highest BCUT2D eigenvalue weighted by Gasteiger charge is 1.76. The topological polar surface area (TPSA) is 72.6 Å². The number of amides is 1. The van der Waals surface area contributed by atoms with Crippen LogP contribution in [0.2, 0.25) is 0 Å². The van der Waals surface area contributed by atoms with Gasteiger partial charge in [-0.1, -0.05) is 0 Å². The van der Waals surface area contributed by atoms with Crippen LogP contribution in [0.5, 0.6) is 0 Å². The first-order chi connectivity index (χ1) is 3.68. The molecule has 4 nitrogen and oxygen atoms in total. The number of carbonyl (C=O) groups is 1. The Labute approximate surface area is 48.2 Å². The van der Waals surface area contributed by atoms with Gasteiger partial charge in [-0.25, -0.2) is 4.79 Å². The summed E-state index contributed by atoms with van der Waals surface area (Å²) in [5.74, 6) is 0. The van der Waals surface area contributed by atoms with Gasteiger partial charge >= 0.3 is 6.09 Å². The molecule has 0 spiro atoms. The minimum absolute atomic E-state index is 0.250. The van der Waals surface area contributed by atoms with Gasteiger partial charge in [-0.2, -0.15) is 0 Å². The van der Waals surface area contributed by atoms with Gasteiger partial charge in [-0.15, -0.1) is 0 Å². The van der Waals surface area contributed by atoms with Gasteiger partial charge < -0.3 is 15.6 Å². The fraction of sp³-hybridized carbons (Fsp3) is 0.750. The van der Waals surface area contributed by atoms with Gasteiger partial charge in [0.05, 0.1) is 7.11 Å². The van der Waals surface area contributed by atoms with Gasteiger partial charge in [0.2, 0.25) is 0 Å². The van der Waals surface area contributed by atoms with Crippen molar-refractivity contribution in [2.45, 2.75) is 6.92 Å². The summed E-state index contributed by atoms with van der Waals surface area (Å²) >= 11 is 0. The smallest absolute Gasteiger partial charge is 0.404 e. The number of primary amides is 1. The Morgan fingerprint density at radius 1 is 1.88 bits per heavy atom. The zero-order chi connectivity index (χ0) is 6.99. The molecular formula is C4H11NO3. The molecule has 0 radical (unpaired) electrons. The standard InChI is InChI=1S/C2H5NO2.C2H6O/c1-5-2(3)4;1-2-3/h1H3,(H2,3,4);3H,2H2,1H3. The van der Waals surface area contributed by atoms with Crippen molar-refractivity contribution in [2.24, 2.45) is 5.73 Å². The van der Waals surface area contributed by atoms with Crippen LogP contribution in [0, 0.1) is 0 Å². The van der Waals surface area contributed by atoms with Crippen LogP contribution in [0.25, 0.3) is 0 Å². The van der Waals surface area contributed by atoms with Gasteiger partial charge in [0.15, 0.2) is 0 Å². The maximum Gasteiger partial charge on any atom is 0.404 e. The van der Waals surface area contributed by atoms with Crippen molar-refractivity contribution in [3.05, 3.63) is 0 Å². The molecule has 0 aliphatic carbocycles. The number of nitrogens with two attached hydrogens (primary N) is 1. The average molecular weight is 121 g/mol. The lowest BCUT2D eigenvalue weighted by Gasteiger charge is -1.81. The third-order valence-electron chi connectivity index (χ3n) is 0.201. The third-order valence-corrected chi connectivity index (χ3v) is 0.201. The second-order valence-electron chi connectivity index (χ2n) is 0.839. The second kappa shape index (κ2) is 9.52. The molecule has 8 heavy (non-hydrogen) atoms. The highest BCUT2D eigenvalue weighted by Crippen LogP contribution is 1.55. The summed E-state index contributed by atoms with van der Waals surface area (Å²) in [4.78, 5) is 9.37. The van der Waals surface area contributed by atoms with Crippen LogP contribution >= 0.6 is 0 Å². The minimum atomic E-state index is -0.745. The van der Waals surface area contributed by atoms with Crippen LogP contribution in [-0.2, 0) is 4.74 Å². The van der Waals surface area contributed by atoms with E-state index in [1.54, 1.807) is 6.92 Å². The summed E-state index contributed by atoms with van der Waals surface area (Å²) in [6.45, 7) is 1.93. The maximum absolute atomic E-state index is 9.37. The van der Waals surface area contributed by atoms with E-state index >= 15 is 0 Å². The van der Waals surface area contributed by atoms with E-state index in [0.717, 1.165) is 0 Å². The summed E-state index contributed by atoms with van der Waals surface area (Å²) in [6.07, 6.45) is -0.745. The minimum Gasteiger partial charge on any atom is -0.453 e. The molecule has 0 bridgehead atoms. The number of rotatable bonds is 0. The Balaban J connectivity index is 0. The zero-order valence-corrected chi connectivity index (χ0v) is 5.05. The molecule has 0 unspecified atom stereocenters. The predicted molar refractivity (Wildman–Crippen MR) is 29.4 cm³/mol. The molecule has 0 heterocycles. The molecule has 0 aromatic rings. The quantitative estimate of drug-likeness (QED) is 0.462. The Bertz CT molecular complexity index is 55.2. The van der Waals surface area contributed by atoms with E-state index in [9.17, 15) is 4.79 Å². The molecule has 0 aromatic heterocycles. The maximum atomic E-state index is 9.37. The van der Waals surface area contributed by atoms with Crippen molar-refractivity contribution in [3.63, 3.8) is 0 Å². The Kier molecular flexibility index (Phi) is 12.2. The fourth-order valence-electron chi connectivity index (χ4n) is 0. The molecule has 0 fully saturated rings. The molecule has 0 aromatic carbocycles. The van der Waals surface area contributed by atoms with Gasteiger partial charge in [0, 0.05) is 6.61 Å². The molecule has 0 saturated carbocycles. The van der Waals surface area contributed by atoms with Crippen molar-refractivity contribution in [2.75, 3.05) is 13.7 Å². The van der Waals surface area contributed by atoms with Gasteiger partial charge in [-0.05, 0) is 6.92 Å². The number of aliphatic hydroxyl groups is 1. The first-order valence-corrected chi connectivity index (χ1v) is 2.13. The number of carbonyl (C=O) groups excluding carboxylic acids is 1. The summed E-state index contributed by atoms with van der Waals surface area (Å²) in [5, 5.41) is 7.57. The zero-order valence-electron chi connectivity index (χ0n) is 5.05. The normalized spacial score (nSPS) is 6.38. The van der Waals surface area contributed by atoms with Crippen molar-refractivity contribution in [1.29, 1.82) is 0 Å². The van der Waals surface area contributed by atoms with Crippen molar-refractivity contribution in [1.82, 2.24) is 0 Å². The molecule has 1 amide bonds. The number of ether oxygens (including phenoxy) is 1. The number of methoxy groups -OCH3 is 1. The van der Waals surface area contributed by atoms with E-state index < -0.39 is 6.09 Å². The van der Waals surface area contributed by atoms with Gasteiger partial charge in [0.25, 0.3) is 0 Å². The molecule has 0 saturated heterocycles. The number of hydrogen-bond acceptors (Lipinski definition) is 3. The highest BCUT2D eigenvalue weighted by atomic mass is 16.5.